The quantitative estimate of drug-likeness (QED) is 0.756. The van der Waals surface area contributed by atoms with Crippen LogP contribution in [0.15, 0.2) is 36.4 Å². The number of nitrogens with one attached hydrogen (secondary N) is 1. The van der Waals surface area contributed by atoms with Gasteiger partial charge in [-0.25, -0.2) is 0 Å². The fraction of sp³-hybridized carbons (Fsp3) is 0.278. The molecule has 0 aliphatic heterocycles. The standard InChI is InChI=1S/C18H19Cl2NO3/c1-3-15(11-5-7-13(19)8-6-11)21-18(23)12-9-14(20)17(22)16(10-12)24-4-2/h5-10,15,22H,3-4H2,1-2H3,(H,21,23). The van der Waals surface area contributed by atoms with E-state index >= 15 is 0 Å². The summed E-state index contributed by atoms with van der Waals surface area (Å²) < 4.78 is 5.31. The number of aromatic hydroxyl groups is 1. The van der Waals surface area contributed by atoms with Crippen LogP contribution < -0.4 is 10.1 Å². The van der Waals surface area contributed by atoms with Crippen molar-refractivity contribution in [3.8, 4) is 11.5 Å². The molecule has 24 heavy (non-hydrogen) atoms. The highest BCUT2D eigenvalue weighted by Gasteiger charge is 2.18. The van der Waals surface area contributed by atoms with E-state index < -0.39 is 0 Å². The van der Waals surface area contributed by atoms with Gasteiger partial charge in [-0.05, 0) is 43.2 Å². The van der Waals surface area contributed by atoms with Gasteiger partial charge in [-0.2, -0.15) is 0 Å². The Kier molecular flexibility index (Phi) is 6.35. The number of ether oxygens (including phenoxy) is 1. The van der Waals surface area contributed by atoms with Crippen molar-refractivity contribution in [1.29, 1.82) is 0 Å². The zero-order valence-corrected chi connectivity index (χ0v) is 15.0. The number of carbonyl (C=O) groups excluding carboxylic acids is 1. The average Bonchev–Trinajstić information content (AvgIpc) is 2.57. The van der Waals surface area contributed by atoms with Crippen molar-refractivity contribution in [2.75, 3.05) is 6.61 Å². The summed E-state index contributed by atoms with van der Waals surface area (Å²) in [7, 11) is 0. The van der Waals surface area contributed by atoms with Crippen LogP contribution in [0.2, 0.25) is 10.0 Å². The lowest BCUT2D eigenvalue weighted by Gasteiger charge is -2.18. The zero-order chi connectivity index (χ0) is 17.7. The number of carbonyl (C=O) groups is 1. The Balaban J connectivity index is 2.23. The van der Waals surface area contributed by atoms with Crippen molar-refractivity contribution < 1.29 is 14.6 Å². The van der Waals surface area contributed by atoms with Crippen LogP contribution in [0.25, 0.3) is 0 Å². The Labute approximate surface area is 151 Å². The molecule has 0 bridgehead atoms. The molecule has 0 aromatic heterocycles. The van der Waals surface area contributed by atoms with Crippen molar-refractivity contribution in [3.05, 3.63) is 57.6 Å². The predicted octanol–water partition coefficient (Wildman–Crippen LogP) is 4.98. The smallest absolute Gasteiger partial charge is 0.251 e. The second kappa shape index (κ2) is 8.27. The number of amides is 1. The summed E-state index contributed by atoms with van der Waals surface area (Å²) in [5.74, 6) is -0.269. The predicted molar refractivity (Wildman–Crippen MR) is 96.2 cm³/mol. The van der Waals surface area contributed by atoms with Crippen LogP contribution in [0.4, 0.5) is 0 Å². The first-order valence-electron chi connectivity index (χ1n) is 7.67. The van der Waals surface area contributed by atoms with E-state index in [2.05, 4.69) is 5.32 Å². The van der Waals surface area contributed by atoms with Crippen molar-refractivity contribution in [1.82, 2.24) is 5.32 Å². The fourth-order valence-corrected chi connectivity index (χ4v) is 2.66. The van der Waals surface area contributed by atoms with E-state index in [0.29, 0.717) is 17.2 Å². The summed E-state index contributed by atoms with van der Waals surface area (Å²) in [6, 6.07) is 10.1. The molecule has 4 nitrogen and oxygen atoms in total. The van der Waals surface area contributed by atoms with Gasteiger partial charge in [0.05, 0.1) is 17.7 Å². The first-order valence-corrected chi connectivity index (χ1v) is 8.43. The normalized spacial score (nSPS) is 11.8. The lowest BCUT2D eigenvalue weighted by molar-refractivity contribution is 0.0935. The molecule has 0 aliphatic carbocycles. The van der Waals surface area contributed by atoms with E-state index in [1.54, 1.807) is 19.1 Å². The Morgan fingerprint density at radius 1 is 1.21 bits per heavy atom. The van der Waals surface area contributed by atoms with Crippen molar-refractivity contribution in [3.63, 3.8) is 0 Å². The van der Waals surface area contributed by atoms with Crippen molar-refractivity contribution >= 4 is 29.1 Å². The molecule has 1 atom stereocenters. The highest BCUT2D eigenvalue weighted by molar-refractivity contribution is 6.32. The van der Waals surface area contributed by atoms with Crippen LogP contribution in [0.1, 0.15) is 42.2 Å². The molecule has 0 heterocycles. The molecular weight excluding hydrogens is 349 g/mol. The van der Waals surface area contributed by atoms with Crippen molar-refractivity contribution in [2.24, 2.45) is 0 Å². The average molecular weight is 368 g/mol. The Morgan fingerprint density at radius 3 is 2.46 bits per heavy atom. The lowest BCUT2D eigenvalue weighted by Crippen LogP contribution is -2.28. The summed E-state index contributed by atoms with van der Waals surface area (Å²) >= 11 is 11.9. The third kappa shape index (κ3) is 4.34. The lowest BCUT2D eigenvalue weighted by atomic mass is 10.0. The second-order valence-corrected chi connectivity index (χ2v) is 6.07. The number of hydrogen-bond acceptors (Lipinski definition) is 3. The molecule has 2 aromatic carbocycles. The monoisotopic (exact) mass is 367 g/mol. The highest BCUT2D eigenvalue weighted by Crippen LogP contribution is 2.35. The van der Waals surface area contributed by atoms with E-state index in [-0.39, 0.29) is 28.5 Å². The van der Waals surface area contributed by atoms with E-state index in [9.17, 15) is 9.90 Å². The minimum absolute atomic E-state index is 0.0747. The zero-order valence-electron chi connectivity index (χ0n) is 13.5. The maximum Gasteiger partial charge on any atom is 0.251 e. The van der Waals surface area contributed by atoms with E-state index in [1.807, 2.05) is 19.1 Å². The van der Waals surface area contributed by atoms with Gasteiger partial charge >= 0.3 is 0 Å². The molecule has 0 fully saturated rings. The summed E-state index contributed by atoms with van der Waals surface area (Å²) in [5, 5.41) is 13.5. The summed E-state index contributed by atoms with van der Waals surface area (Å²) in [6.45, 7) is 4.13. The van der Waals surface area contributed by atoms with Gasteiger partial charge in [0.15, 0.2) is 11.5 Å². The van der Waals surface area contributed by atoms with E-state index in [0.717, 1.165) is 12.0 Å². The summed E-state index contributed by atoms with van der Waals surface area (Å²) in [4.78, 5) is 12.5. The van der Waals surface area contributed by atoms with E-state index in [4.69, 9.17) is 27.9 Å². The van der Waals surface area contributed by atoms with Crippen LogP contribution in [-0.2, 0) is 0 Å². The molecule has 1 unspecified atom stereocenters. The summed E-state index contributed by atoms with van der Waals surface area (Å²) in [6.07, 6.45) is 0.720. The molecule has 0 aliphatic rings. The minimum Gasteiger partial charge on any atom is -0.503 e. The Morgan fingerprint density at radius 2 is 1.88 bits per heavy atom. The molecule has 0 radical (unpaired) electrons. The third-order valence-electron chi connectivity index (χ3n) is 3.58. The van der Waals surface area contributed by atoms with Crippen molar-refractivity contribution in [2.45, 2.75) is 26.3 Å². The fourth-order valence-electron chi connectivity index (χ4n) is 2.33. The number of hydrogen-bond donors (Lipinski definition) is 2. The highest BCUT2D eigenvalue weighted by atomic mass is 35.5. The molecule has 2 N–H and O–H groups in total. The SMILES string of the molecule is CCOc1cc(C(=O)NC(CC)c2ccc(Cl)cc2)cc(Cl)c1O. The molecule has 1 amide bonds. The van der Waals surface area contributed by atoms with Gasteiger partial charge in [0, 0.05) is 10.6 Å². The van der Waals surface area contributed by atoms with Crippen LogP contribution in [0.5, 0.6) is 11.5 Å². The number of benzene rings is 2. The van der Waals surface area contributed by atoms with Gasteiger partial charge in [0.2, 0.25) is 0 Å². The Hall–Kier alpha value is -1.91. The van der Waals surface area contributed by atoms with Gasteiger partial charge in [-0.1, -0.05) is 42.3 Å². The van der Waals surface area contributed by atoms with Crippen LogP contribution >= 0.6 is 23.2 Å². The maximum absolute atomic E-state index is 12.5. The summed E-state index contributed by atoms with van der Waals surface area (Å²) in [5.41, 5.74) is 1.29. The maximum atomic E-state index is 12.5. The number of phenols is 1. The molecule has 128 valence electrons. The van der Waals surface area contributed by atoms with Gasteiger partial charge in [-0.15, -0.1) is 0 Å². The molecule has 2 aromatic rings. The second-order valence-electron chi connectivity index (χ2n) is 5.22. The number of rotatable bonds is 6. The first kappa shape index (κ1) is 18.4. The number of halogens is 2. The molecule has 0 saturated carbocycles. The van der Waals surface area contributed by atoms with Gasteiger partial charge in [0.1, 0.15) is 0 Å². The topological polar surface area (TPSA) is 58.6 Å². The number of phenolic OH excluding ortho intramolecular Hbond substituents is 1. The van der Waals surface area contributed by atoms with Gasteiger partial charge in [-0.3, -0.25) is 4.79 Å². The molecule has 0 spiro atoms. The van der Waals surface area contributed by atoms with Crippen LogP contribution in [0.3, 0.4) is 0 Å². The largest absolute Gasteiger partial charge is 0.503 e. The Bertz CT molecular complexity index is 717. The van der Waals surface area contributed by atoms with Crippen LogP contribution in [-0.4, -0.2) is 17.6 Å². The van der Waals surface area contributed by atoms with Gasteiger partial charge < -0.3 is 15.2 Å². The van der Waals surface area contributed by atoms with E-state index in [1.165, 1.54) is 12.1 Å². The molecule has 6 heteroatoms. The van der Waals surface area contributed by atoms with Gasteiger partial charge in [0.25, 0.3) is 5.91 Å². The molecule has 0 saturated heterocycles. The molecule has 2 rings (SSSR count). The third-order valence-corrected chi connectivity index (χ3v) is 4.12. The van der Waals surface area contributed by atoms with Crippen LogP contribution in [0, 0.1) is 0 Å². The molecular formula is C18H19Cl2NO3. The minimum atomic E-state index is -0.292. The first-order chi connectivity index (χ1) is 11.5.